The van der Waals surface area contributed by atoms with Gasteiger partial charge in [0.15, 0.2) is 11.5 Å². The van der Waals surface area contributed by atoms with Crippen LogP contribution in [-0.2, 0) is 9.59 Å². The van der Waals surface area contributed by atoms with Gasteiger partial charge in [-0.2, -0.15) is 0 Å². The smallest absolute Gasteiger partial charge is 0.343 e. The quantitative estimate of drug-likeness (QED) is 0.223. The number of carbonyl (C=O) groups excluding carboxylic acids is 4. The molecule has 0 unspecified atom stereocenters. The average Bonchev–Trinajstić information content (AvgIpc) is 3.32. The predicted octanol–water partition coefficient (Wildman–Crippen LogP) is 4.20. The second-order valence-corrected chi connectivity index (χ2v) is 8.46. The lowest BCUT2D eigenvalue weighted by molar-refractivity contribution is -0.122. The van der Waals surface area contributed by atoms with Crippen molar-refractivity contribution >= 4 is 51.5 Å². The summed E-state index contributed by atoms with van der Waals surface area (Å²) in [6.45, 7) is 0.0424. The summed E-state index contributed by atoms with van der Waals surface area (Å²) < 4.78 is 30.9. The van der Waals surface area contributed by atoms with Crippen molar-refractivity contribution in [1.82, 2.24) is 5.32 Å². The number of amides is 4. The Morgan fingerprint density at radius 1 is 1.03 bits per heavy atom. The third-order valence-corrected chi connectivity index (χ3v) is 5.77. The van der Waals surface area contributed by atoms with Gasteiger partial charge in [0.25, 0.3) is 11.8 Å². The molecule has 0 aliphatic carbocycles. The fourth-order valence-electron chi connectivity index (χ4n) is 3.57. The molecule has 3 aromatic rings. The molecule has 0 atom stereocenters. The van der Waals surface area contributed by atoms with Crippen LogP contribution in [0.25, 0.3) is 6.08 Å². The molecule has 1 fully saturated rings. The first-order valence-electron chi connectivity index (χ1n) is 10.4. The Balaban J connectivity index is 1.49. The second kappa shape index (κ2) is 9.27. The summed E-state index contributed by atoms with van der Waals surface area (Å²) in [6, 6.07) is 13.2. The average molecular weight is 553 g/mol. The van der Waals surface area contributed by atoms with E-state index in [1.165, 1.54) is 42.5 Å². The van der Waals surface area contributed by atoms with Crippen molar-refractivity contribution in [2.45, 2.75) is 0 Å². The summed E-state index contributed by atoms with van der Waals surface area (Å²) in [6.07, 6.45) is 1.16. The summed E-state index contributed by atoms with van der Waals surface area (Å²) in [4.78, 5) is 51.3. The van der Waals surface area contributed by atoms with Crippen LogP contribution in [0.15, 0.2) is 70.7 Å². The van der Waals surface area contributed by atoms with Gasteiger partial charge in [-0.05, 0) is 54.6 Å². The van der Waals surface area contributed by atoms with E-state index in [0.717, 1.165) is 12.1 Å². The molecular formula is C25H14BrFN2O7. The molecule has 1 saturated heterocycles. The molecule has 2 aliphatic rings. The van der Waals surface area contributed by atoms with E-state index in [9.17, 15) is 23.6 Å². The summed E-state index contributed by atoms with van der Waals surface area (Å²) in [5.74, 6) is -2.65. The Labute approximate surface area is 211 Å². The monoisotopic (exact) mass is 552 g/mol. The molecule has 1 N–H and O–H groups in total. The number of hydrogen-bond donors (Lipinski definition) is 1. The van der Waals surface area contributed by atoms with Gasteiger partial charge in [-0.3, -0.25) is 14.9 Å². The summed E-state index contributed by atoms with van der Waals surface area (Å²) in [7, 11) is 0. The van der Waals surface area contributed by atoms with Crippen LogP contribution in [0.2, 0.25) is 0 Å². The molecule has 5 rings (SSSR count). The number of ether oxygens (including phenoxy) is 3. The van der Waals surface area contributed by atoms with Crippen molar-refractivity contribution in [2.24, 2.45) is 0 Å². The number of anilines is 1. The molecular weight excluding hydrogens is 539 g/mol. The molecule has 3 aromatic carbocycles. The first-order chi connectivity index (χ1) is 17.3. The topological polar surface area (TPSA) is 111 Å². The minimum Gasteiger partial charge on any atom is -0.454 e. The Bertz CT molecular complexity index is 1490. The van der Waals surface area contributed by atoms with Crippen molar-refractivity contribution in [1.29, 1.82) is 0 Å². The van der Waals surface area contributed by atoms with Crippen molar-refractivity contribution in [2.75, 3.05) is 11.7 Å². The predicted molar refractivity (Wildman–Crippen MR) is 127 cm³/mol. The highest BCUT2D eigenvalue weighted by Gasteiger charge is 2.38. The van der Waals surface area contributed by atoms with Crippen molar-refractivity contribution < 1.29 is 37.8 Å². The number of para-hydroxylation sites is 1. The van der Waals surface area contributed by atoms with Gasteiger partial charge in [0, 0.05) is 10.0 Å². The molecule has 9 nitrogen and oxygen atoms in total. The van der Waals surface area contributed by atoms with E-state index in [4.69, 9.17) is 14.2 Å². The number of imide groups is 2. The highest BCUT2D eigenvalue weighted by atomic mass is 79.9. The lowest BCUT2D eigenvalue weighted by atomic mass is 10.1. The third kappa shape index (κ3) is 4.31. The summed E-state index contributed by atoms with van der Waals surface area (Å²) in [5, 5.41) is 2.03. The number of urea groups is 1. The third-order valence-electron chi connectivity index (χ3n) is 5.28. The maximum atomic E-state index is 14.3. The normalized spacial score (nSPS) is 15.8. The maximum absolute atomic E-state index is 14.3. The molecule has 0 saturated carbocycles. The van der Waals surface area contributed by atoms with E-state index in [2.05, 4.69) is 15.9 Å². The highest BCUT2D eigenvalue weighted by Crippen LogP contribution is 2.34. The molecule has 0 radical (unpaired) electrons. The van der Waals surface area contributed by atoms with Gasteiger partial charge in [0.1, 0.15) is 17.1 Å². The van der Waals surface area contributed by atoms with Crippen LogP contribution in [-0.4, -0.2) is 30.6 Å². The molecule has 2 heterocycles. The number of hydrogen-bond acceptors (Lipinski definition) is 7. The highest BCUT2D eigenvalue weighted by molar-refractivity contribution is 9.10. The molecule has 0 spiro atoms. The summed E-state index contributed by atoms with van der Waals surface area (Å²) in [5.41, 5.74) is -0.415. The minimum absolute atomic E-state index is 0.0308. The minimum atomic E-state index is -1.09. The van der Waals surface area contributed by atoms with E-state index in [-0.39, 0.29) is 29.4 Å². The van der Waals surface area contributed by atoms with Crippen LogP contribution in [0.1, 0.15) is 15.9 Å². The first-order valence-corrected chi connectivity index (χ1v) is 11.2. The zero-order chi connectivity index (χ0) is 25.4. The van der Waals surface area contributed by atoms with Crippen molar-refractivity contribution in [3.63, 3.8) is 0 Å². The maximum Gasteiger partial charge on any atom is 0.343 e. The van der Waals surface area contributed by atoms with E-state index in [0.29, 0.717) is 20.9 Å². The molecule has 180 valence electrons. The molecule has 4 amide bonds. The Kier molecular flexibility index (Phi) is 5.98. The number of fused-ring (bicyclic) bond motifs is 1. The Morgan fingerprint density at radius 2 is 1.81 bits per heavy atom. The molecule has 2 aliphatic heterocycles. The van der Waals surface area contributed by atoms with Crippen LogP contribution in [0, 0.1) is 5.82 Å². The van der Waals surface area contributed by atoms with Gasteiger partial charge in [-0.15, -0.1) is 0 Å². The van der Waals surface area contributed by atoms with E-state index in [1.54, 1.807) is 12.1 Å². The van der Waals surface area contributed by atoms with E-state index >= 15 is 0 Å². The van der Waals surface area contributed by atoms with Crippen LogP contribution in [0.5, 0.6) is 17.2 Å². The van der Waals surface area contributed by atoms with Gasteiger partial charge >= 0.3 is 12.0 Å². The number of halogens is 2. The van der Waals surface area contributed by atoms with Crippen LogP contribution in [0.4, 0.5) is 14.9 Å². The zero-order valence-electron chi connectivity index (χ0n) is 18.1. The molecule has 0 aromatic heterocycles. The fraction of sp³-hybridized carbons (Fsp3) is 0.0400. The van der Waals surface area contributed by atoms with Crippen LogP contribution < -0.4 is 24.4 Å². The standard InChI is InChI=1S/C25H14BrFN2O7/c26-15-6-8-19(36-24(32)13-5-7-20-21(11-13)35-12-34-20)14(9-15)10-16-22(30)28-25(33)29(23(16)31)18-4-2-1-3-17(18)27/h1-11H,12H2,(H,28,30,33)/b16-10-. The summed E-state index contributed by atoms with van der Waals surface area (Å²) >= 11 is 3.30. The molecule has 0 bridgehead atoms. The number of rotatable bonds is 4. The lowest BCUT2D eigenvalue weighted by Crippen LogP contribution is -2.54. The van der Waals surface area contributed by atoms with Gasteiger partial charge in [-0.1, -0.05) is 28.1 Å². The number of esters is 1. The second-order valence-electron chi connectivity index (χ2n) is 7.55. The largest absolute Gasteiger partial charge is 0.454 e. The SMILES string of the molecule is O=C1NC(=O)N(c2ccccc2F)C(=O)/C1=C\c1cc(Br)ccc1OC(=O)c1ccc2c(c1)OCO2. The van der Waals surface area contributed by atoms with Crippen molar-refractivity contribution in [3.8, 4) is 17.2 Å². The zero-order valence-corrected chi connectivity index (χ0v) is 19.7. The molecule has 11 heteroatoms. The van der Waals surface area contributed by atoms with Crippen LogP contribution in [0.3, 0.4) is 0 Å². The lowest BCUT2D eigenvalue weighted by Gasteiger charge is -2.26. The van der Waals surface area contributed by atoms with Gasteiger partial charge < -0.3 is 14.2 Å². The number of benzene rings is 3. The number of carbonyl (C=O) groups is 4. The van der Waals surface area contributed by atoms with E-state index < -0.39 is 35.2 Å². The fourth-order valence-corrected chi connectivity index (χ4v) is 3.95. The van der Waals surface area contributed by atoms with Crippen LogP contribution >= 0.6 is 15.9 Å². The number of barbiturate groups is 1. The number of nitrogens with one attached hydrogen (secondary N) is 1. The van der Waals surface area contributed by atoms with Gasteiger partial charge in [0.2, 0.25) is 6.79 Å². The van der Waals surface area contributed by atoms with Gasteiger partial charge in [-0.25, -0.2) is 18.9 Å². The Morgan fingerprint density at radius 3 is 2.61 bits per heavy atom. The Hall–Kier alpha value is -4.51. The van der Waals surface area contributed by atoms with Gasteiger partial charge in [0.05, 0.1) is 11.3 Å². The first kappa shape index (κ1) is 23.2. The molecule has 36 heavy (non-hydrogen) atoms. The van der Waals surface area contributed by atoms with E-state index in [1.807, 2.05) is 5.32 Å². The number of nitrogens with zero attached hydrogens (tertiary/aromatic N) is 1. The van der Waals surface area contributed by atoms with Crippen molar-refractivity contribution in [3.05, 3.63) is 87.7 Å².